The van der Waals surface area contributed by atoms with Gasteiger partial charge in [-0.1, -0.05) is 29.1 Å². The first-order chi connectivity index (χ1) is 12.2. The van der Waals surface area contributed by atoms with Crippen LogP contribution in [0.5, 0.6) is 0 Å². The van der Waals surface area contributed by atoms with Crippen LogP contribution >= 0.6 is 23.2 Å². The third kappa shape index (κ3) is 2.74. The summed E-state index contributed by atoms with van der Waals surface area (Å²) in [5.74, 6) is 6.12. The molecule has 0 aliphatic carbocycles. The molecule has 0 radical (unpaired) electrons. The van der Waals surface area contributed by atoms with Crippen LogP contribution in [0.15, 0.2) is 48.9 Å². The molecule has 0 aliphatic heterocycles. The fourth-order valence-corrected chi connectivity index (χ4v) is 3.45. The Kier molecular flexibility index (Phi) is 4.09. The number of aromatic nitrogens is 3. The summed E-state index contributed by atoms with van der Waals surface area (Å²) >= 11 is 12.4. The Morgan fingerprint density at radius 2 is 1.96 bits per heavy atom. The molecular formula is C20H13Cl2N3. The van der Waals surface area contributed by atoms with E-state index in [9.17, 15) is 0 Å². The standard InChI is InChI=1S/C20H13Cl2N3/c1-2-3-8-25-18-12-23-7-6-15(18)17-10-14(21)9-16(20(17)25)13-4-5-19(22)24-11-13/h4-7,9-12H,8H2,1H3. The lowest BCUT2D eigenvalue weighted by Crippen LogP contribution is -1.97. The molecule has 3 aromatic heterocycles. The van der Waals surface area contributed by atoms with Crippen molar-refractivity contribution >= 4 is 45.0 Å². The van der Waals surface area contributed by atoms with Crippen molar-refractivity contribution in [2.24, 2.45) is 0 Å². The molecule has 4 rings (SSSR count). The molecule has 0 aliphatic rings. The molecule has 3 nitrogen and oxygen atoms in total. The lowest BCUT2D eigenvalue weighted by molar-refractivity contribution is 0.920. The van der Waals surface area contributed by atoms with Gasteiger partial charge in [0.2, 0.25) is 0 Å². The van der Waals surface area contributed by atoms with Gasteiger partial charge in [0, 0.05) is 39.3 Å². The summed E-state index contributed by atoms with van der Waals surface area (Å²) in [6, 6.07) is 9.68. The van der Waals surface area contributed by atoms with Crippen molar-refractivity contribution in [1.29, 1.82) is 0 Å². The minimum atomic E-state index is 0.462. The van der Waals surface area contributed by atoms with Gasteiger partial charge >= 0.3 is 0 Å². The second-order valence-electron chi connectivity index (χ2n) is 5.62. The number of fused-ring (bicyclic) bond motifs is 3. The van der Waals surface area contributed by atoms with Crippen LogP contribution in [0.1, 0.15) is 6.92 Å². The number of benzene rings is 1. The maximum Gasteiger partial charge on any atom is 0.129 e. The zero-order chi connectivity index (χ0) is 17.4. The van der Waals surface area contributed by atoms with E-state index in [4.69, 9.17) is 23.2 Å². The van der Waals surface area contributed by atoms with E-state index in [-0.39, 0.29) is 0 Å². The van der Waals surface area contributed by atoms with Gasteiger partial charge in [-0.25, -0.2) is 4.98 Å². The summed E-state index contributed by atoms with van der Waals surface area (Å²) in [6.45, 7) is 2.42. The second-order valence-corrected chi connectivity index (χ2v) is 6.45. The van der Waals surface area contributed by atoms with Crippen LogP contribution in [0.4, 0.5) is 0 Å². The van der Waals surface area contributed by atoms with Crippen molar-refractivity contribution < 1.29 is 0 Å². The van der Waals surface area contributed by atoms with Crippen LogP contribution in [0.25, 0.3) is 32.9 Å². The molecule has 0 bridgehead atoms. The largest absolute Gasteiger partial charge is 0.327 e. The number of halogens is 2. The number of hydrogen-bond acceptors (Lipinski definition) is 2. The van der Waals surface area contributed by atoms with Crippen molar-refractivity contribution in [2.75, 3.05) is 0 Å². The van der Waals surface area contributed by atoms with Crippen molar-refractivity contribution in [1.82, 2.24) is 14.5 Å². The molecule has 25 heavy (non-hydrogen) atoms. The Bertz CT molecular complexity index is 1150. The van der Waals surface area contributed by atoms with Crippen LogP contribution in [0.3, 0.4) is 0 Å². The Labute approximate surface area is 155 Å². The Morgan fingerprint density at radius 3 is 2.72 bits per heavy atom. The van der Waals surface area contributed by atoms with E-state index in [1.165, 1.54) is 0 Å². The van der Waals surface area contributed by atoms with Crippen molar-refractivity contribution in [2.45, 2.75) is 13.5 Å². The highest BCUT2D eigenvalue weighted by Crippen LogP contribution is 2.38. The van der Waals surface area contributed by atoms with Crippen LogP contribution in [-0.4, -0.2) is 14.5 Å². The van der Waals surface area contributed by atoms with Gasteiger partial charge in [0.05, 0.1) is 23.8 Å². The quantitative estimate of drug-likeness (QED) is 0.342. The summed E-state index contributed by atoms with van der Waals surface area (Å²) < 4.78 is 2.18. The molecule has 122 valence electrons. The SMILES string of the molecule is CC#CCn1c2cnccc2c2cc(Cl)cc(-c3ccc(Cl)nc3)c21. The normalized spacial score (nSPS) is 10.8. The van der Waals surface area contributed by atoms with E-state index in [0.717, 1.165) is 32.9 Å². The predicted octanol–water partition coefficient (Wildman–Crippen LogP) is 5.58. The highest BCUT2D eigenvalue weighted by atomic mass is 35.5. The van der Waals surface area contributed by atoms with Crippen LogP contribution in [0, 0.1) is 11.8 Å². The minimum Gasteiger partial charge on any atom is -0.327 e. The molecule has 1 aromatic carbocycles. The summed E-state index contributed by atoms with van der Waals surface area (Å²) in [7, 11) is 0. The molecule has 5 heteroatoms. The maximum atomic E-state index is 6.42. The third-order valence-corrected chi connectivity index (χ3v) is 4.62. The molecule has 0 unspecified atom stereocenters. The zero-order valence-electron chi connectivity index (χ0n) is 13.4. The van der Waals surface area contributed by atoms with Crippen molar-refractivity contribution in [3.63, 3.8) is 0 Å². The molecule has 0 fully saturated rings. The van der Waals surface area contributed by atoms with Crippen LogP contribution in [-0.2, 0) is 6.54 Å². The molecule has 4 aromatic rings. The topological polar surface area (TPSA) is 30.7 Å². The highest BCUT2D eigenvalue weighted by molar-refractivity contribution is 6.33. The van der Waals surface area contributed by atoms with Crippen LogP contribution < -0.4 is 0 Å². The Morgan fingerprint density at radius 1 is 1.08 bits per heavy atom. The van der Waals surface area contributed by atoms with Crippen molar-refractivity contribution in [3.8, 4) is 23.0 Å². The van der Waals surface area contributed by atoms with Gasteiger partial charge in [-0.3, -0.25) is 4.98 Å². The first-order valence-electron chi connectivity index (χ1n) is 7.76. The van der Waals surface area contributed by atoms with Gasteiger partial charge < -0.3 is 4.57 Å². The van der Waals surface area contributed by atoms with Gasteiger partial charge in [0.1, 0.15) is 5.15 Å². The minimum absolute atomic E-state index is 0.462. The average Bonchev–Trinajstić information content (AvgIpc) is 2.94. The molecule has 3 heterocycles. The zero-order valence-corrected chi connectivity index (χ0v) is 14.9. The van der Waals surface area contributed by atoms with Crippen molar-refractivity contribution in [3.05, 3.63) is 59.1 Å². The lowest BCUT2D eigenvalue weighted by Gasteiger charge is -2.09. The molecule has 0 amide bonds. The summed E-state index contributed by atoms with van der Waals surface area (Å²) in [5, 5.41) is 3.32. The van der Waals surface area contributed by atoms with E-state index in [0.29, 0.717) is 16.7 Å². The number of rotatable bonds is 2. The maximum absolute atomic E-state index is 6.42. The fraction of sp³-hybridized carbons (Fsp3) is 0.100. The van der Waals surface area contributed by atoms with Gasteiger partial charge in [-0.15, -0.1) is 5.92 Å². The first kappa shape index (κ1) is 16.0. The summed E-state index contributed by atoms with van der Waals surface area (Å²) in [6.07, 6.45) is 5.42. The molecule has 0 saturated heterocycles. The van der Waals surface area contributed by atoms with Gasteiger partial charge in [0.25, 0.3) is 0 Å². The molecule has 0 atom stereocenters. The smallest absolute Gasteiger partial charge is 0.129 e. The predicted molar refractivity (Wildman–Crippen MR) is 104 cm³/mol. The van der Waals surface area contributed by atoms with E-state index >= 15 is 0 Å². The molecule has 0 spiro atoms. The Hall–Kier alpha value is -2.54. The second kappa shape index (κ2) is 6.40. The van der Waals surface area contributed by atoms with E-state index < -0.39 is 0 Å². The van der Waals surface area contributed by atoms with E-state index in [1.54, 1.807) is 18.5 Å². The van der Waals surface area contributed by atoms with Gasteiger partial charge in [-0.05, 0) is 37.3 Å². The Balaban J connectivity index is 2.15. The molecular weight excluding hydrogens is 353 g/mol. The number of pyridine rings is 2. The third-order valence-electron chi connectivity index (χ3n) is 4.18. The average molecular weight is 366 g/mol. The van der Waals surface area contributed by atoms with Gasteiger partial charge in [0.15, 0.2) is 0 Å². The molecule has 0 saturated carbocycles. The van der Waals surface area contributed by atoms with Gasteiger partial charge in [-0.2, -0.15) is 0 Å². The van der Waals surface area contributed by atoms with E-state index in [2.05, 4.69) is 26.4 Å². The lowest BCUT2D eigenvalue weighted by atomic mass is 10.0. The summed E-state index contributed by atoms with van der Waals surface area (Å²) in [5.41, 5.74) is 4.06. The number of hydrogen-bond donors (Lipinski definition) is 0. The molecule has 0 N–H and O–H groups in total. The number of nitrogens with zero attached hydrogens (tertiary/aromatic N) is 3. The monoisotopic (exact) mass is 365 g/mol. The highest BCUT2D eigenvalue weighted by Gasteiger charge is 2.16. The van der Waals surface area contributed by atoms with E-state index in [1.807, 2.05) is 37.4 Å². The van der Waals surface area contributed by atoms with Crippen LogP contribution in [0.2, 0.25) is 10.2 Å². The first-order valence-corrected chi connectivity index (χ1v) is 8.51. The summed E-state index contributed by atoms with van der Waals surface area (Å²) in [4.78, 5) is 8.49. The fourth-order valence-electron chi connectivity index (χ4n) is 3.12.